The molecule has 0 amide bonds. The average Bonchev–Trinajstić information content (AvgIpc) is 3.82. The number of fused-ring (bicyclic) bond motifs is 11. The SMILES string of the molecule is C=C1Oc2ccccc2-c2nc(-n3c4ccccc4c4cc(-c5ccc6c(c5)c5c7ccccc7ccc5n6-c5cccc(-c6ccccc6)c5)ccc43)nc(/C=C\C)c21. The molecule has 0 spiro atoms. The minimum absolute atomic E-state index is 0.545. The first kappa shape index (κ1) is 34.1. The second kappa shape index (κ2) is 13.3. The van der Waals surface area contributed by atoms with E-state index < -0.39 is 0 Å². The van der Waals surface area contributed by atoms with E-state index in [-0.39, 0.29) is 0 Å². The number of hydrogen-bond acceptors (Lipinski definition) is 3. The monoisotopic (exact) mass is 768 g/mol. The molecule has 1 aliphatic rings. The molecule has 1 aliphatic heterocycles. The molecule has 0 N–H and O–H groups in total. The summed E-state index contributed by atoms with van der Waals surface area (Å²) in [5, 5.41) is 7.22. The fourth-order valence-electron chi connectivity index (χ4n) is 9.32. The number of nitrogens with zero attached hydrogens (tertiary/aromatic N) is 4. The second-order valence-electron chi connectivity index (χ2n) is 15.4. The van der Waals surface area contributed by atoms with Crippen LogP contribution in [0.25, 0.3) is 111 Å². The lowest BCUT2D eigenvalue weighted by Gasteiger charge is -2.23. The van der Waals surface area contributed by atoms with Gasteiger partial charge in [0, 0.05) is 32.8 Å². The number of rotatable bonds is 5. The maximum Gasteiger partial charge on any atom is 0.235 e. The number of para-hydroxylation sites is 2. The minimum Gasteiger partial charge on any atom is -0.456 e. The Morgan fingerprint density at radius 3 is 2.03 bits per heavy atom. The van der Waals surface area contributed by atoms with E-state index in [0.717, 1.165) is 66.9 Å². The first-order valence-electron chi connectivity index (χ1n) is 20.3. The Hall–Kier alpha value is -8.02. The molecule has 5 heteroatoms. The van der Waals surface area contributed by atoms with Crippen molar-refractivity contribution in [2.75, 3.05) is 0 Å². The van der Waals surface area contributed by atoms with Crippen molar-refractivity contribution in [2.24, 2.45) is 0 Å². The lowest BCUT2D eigenvalue weighted by atomic mass is 9.99. The van der Waals surface area contributed by atoms with Crippen LogP contribution in [0, 0.1) is 0 Å². The van der Waals surface area contributed by atoms with Crippen molar-refractivity contribution in [3.63, 3.8) is 0 Å². The van der Waals surface area contributed by atoms with Gasteiger partial charge >= 0.3 is 0 Å². The Morgan fingerprint density at radius 1 is 0.517 bits per heavy atom. The summed E-state index contributed by atoms with van der Waals surface area (Å²) in [5.41, 5.74) is 13.6. The van der Waals surface area contributed by atoms with E-state index in [4.69, 9.17) is 14.7 Å². The van der Waals surface area contributed by atoms with Crippen molar-refractivity contribution in [1.29, 1.82) is 0 Å². The minimum atomic E-state index is 0.545. The first-order valence-corrected chi connectivity index (χ1v) is 20.3. The number of allylic oxidation sites excluding steroid dienone is 1. The van der Waals surface area contributed by atoms with Gasteiger partial charge in [-0.05, 0) is 107 Å². The molecule has 8 aromatic carbocycles. The highest BCUT2D eigenvalue weighted by Crippen LogP contribution is 2.44. The van der Waals surface area contributed by atoms with Crippen LogP contribution in [-0.4, -0.2) is 19.1 Å². The molecule has 12 rings (SSSR count). The Balaban J connectivity index is 1.06. The third-order valence-electron chi connectivity index (χ3n) is 12.0. The fraction of sp³-hybridized carbons (Fsp3) is 0.0182. The van der Waals surface area contributed by atoms with E-state index in [0.29, 0.717) is 11.7 Å². The van der Waals surface area contributed by atoms with Crippen LogP contribution in [0.3, 0.4) is 0 Å². The lowest BCUT2D eigenvalue weighted by molar-refractivity contribution is 0.511. The van der Waals surface area contributed by atoms with Gasteiger partial charge in [0.05, 0.1) is 39.0 Å². The Morgan fingerprint density at radius 2 is 1.18 bits per heavy atom. The predicted octanol–water partition coefficient (Wildman–Crippen LogP) is 14.2. The second-order valence-corrected chi connectivity index (χ2v) is 15.4. The summed E-state index contributed by atoms with van der Waals surface area (Å²) in [4.78, 5) is 10.5. The molecule has 0 unspecified atom stereocenters. The van der Waals surface area contributed by atoms with Crippen LogP contribution in [0.5, 0.6) is 5.75 Å². The zero-order valence-electron chi connectivity index (χ0n) is 32.8. The predicted molar refractivity (Wildman–Crippen MR) is 249 cm³/mol. The molecule has 0 bridgehead atoms. The molecule has 60 heavy (non-hydrogen) atoms. The molecule has 11 aromatic rings. The van der Waals surface area contributed by atoms with Gasteiger partial charge in [0.25, 0.3) is 0 Å². The molecule has 4 heterocycles. The highest BCUT2D eigenvalue weighted by atomic mass is 16.5. The van der Waals surface area contributed by atoms with Crippen LogP contribution in [0.2, 0.25) is 0 Å². The Bertz CT molecular complexity index is 3610. The molecule has 0 atom stereocenters. The molecule has 0 saturated heterocycles. The molecule has 3 aromatic heterocycles. The molecule has 5 nitrogen and oxygen atoms in total. The average molecular weight is 769 g/mol. The van der Waals surface area contributed by atoms with E-state index in [9.17, 15) is 0 Å². The van der Waals surface area contributed by atoms with Gasteiger partial charge in [-0.3, -0.25) is 4.57 Å². The quantitative estimate of drug-likeness (QED) is 0.175. The van der Waals surface area contributed by atoms with E-state index in [1.54, 1.807) is 0 Å². The van der Waals surface area contributed by atoms with Crippen LogP contribution in [0.4, 0.5) is 0 Å². The molecule has 282 valence electrons. The number of benzene rings is 8. The summed E-state index contributed by atoms with van der Waals surface area (Å²) in [6.45, 7) is 6.26. The van der Waals surface area contributed by atoms with E-state index >= 15 is 0 Å². The summed E-state index contributed by atoms with van der Waals surface area (Å²) in [7, 11) is 0. The molecule has 0 aliphatic carbocycles. The summed E-state index contributed by atoms with van der Waals surface area (Å²) in [6, 6.07) is 63.0. The van der Waals surface area contributed by atoms with Gasteiger partial charge in [-0.2, -0.15) is 0 Å². The first-order chi connectivity index (χ1) is 29.6. The van der Waals surface area contributed by atoms with Crippen molar-refractivity contribution in [3.8, 4) is 50.9 Å². The number of aromatic nitrogens is 4. The van der Waals surface area contributed by atoms with E-state index in [1.807, 2.05) is 43.3 Å². The van der Waals surface area contributed by atoms with Crippen molar-refractivity contribution >= 4 is 66.2 Å². The van der Waals surface area contributed by atoms with E-state index in [1.165, 1.54) is 43.7 Å². The maximum absolute atomic E-state index is 6.17. The Kier molecular flexibility index (Phi) is 7.53. The molecular formula is C55H36N4O. The topological polar surface area (TPSA) is 44.9 Å². The highest BCUT2D eigenvalue weighted by molar-refractivity contribution is 6.22. The number of ether oxygens (including phenoxy) is 1. The van der Waals surface area contributed by atoms with Crippen LogP contribution in [0.15, 0.2) is 189 Å². The van der Waals surface area contributed by atoms with Crippen molar-refractivity contribution < 1.29 is 4.74 Å². The molecular weight excluding hydrogens is 733 g/mol. The fourth-order valence-corrected chi connectivity index (χ4v) is 9.32. The van der Waals surface area contributed by atoms with Gasteiger partial charge in [-0.25, -0.2) is 9.97 Å². The van der Waals surface area contributed by atoms with Gasteiger partial charge in [-0.15, -0.1) is 0 Å². The standard InChI is InChI=1S/C55H36N4O/c1-3-14-46-52-34(2)60-51-24-12-10-22-43(51)54(52)57-55(56-46)59-47-23-11-9-21-42(47)44-32-38(26-28-48(44)59)39-27-29-49-45(33-39)53-41-20-8-7-17-36(41)25-30-50(53)58(49)40-19-13-18-37(31-40)35-15-5-4-6-16-35/h3-33H,2H2,1H3/b14-3-. The Labute approximate surface area is 346 Å². The highest BCUT2D eigenvalue weighted by Gasteiger charge is 2.27. The molecule has 0 radical (unpaired) electrons. The van der Waals surface area contributed by atoms with Crippen LogP contribution >= 0.6 is 0 Å². The third kappa shape index (κ3) is 5.12. The van der Waals surface area contributed by atoms with Crippen LogP contribution < -0.4 is 4.74 Å². The zero-order valence-corrected chi connectivity index (χ0v) is 32.8. The van der Waals surface area contributed by atoms with Crippen LogP contribution in [-0.2, 0) is 0 Å². The lowest BCUT2D eigenvalue weighted by Crippen LogP contribution is -2.12. The van der Waals surface area contributed by atoms with Gasteiger partial charge in [0.1, 0.15) is 11.5 Å². The smallest absolute Gasteiger partial charge is 0.235 e. The zero-order chi connectivity index (χ0) is 39.9. The van der Waals surface area contributed by atoms with E-state index in [2.05, 4.69) is 167 Å². The molecule has 0 saturated carbocycles. The van der Waals surface area contributed by atoms with Gasteiger partial charge in [0.15, 0.2) is 0 Å². The van der Waals surface area contributed by atoms with Crippen molar-refractivity contribution in [1.82, 2.24) is 19.1 Å². The normalized spacial score (nSPS) is 12.5. The third-order valence-corrected chi connectivity index (χ3v) is 12.0. The number of hydrogen-bond donors (Lipinski definition) is 0. The van der Waals surface area contributed by atoms with Gasteiger partial charge in [-0.1, -0.05) is 128 Å². The summed E-state index contributed by atoms with van der Waals surface area (Å²) in [6.07, 6.45) is 4.01. The maximum atomic E-state index is 6.17. The van der Waals surface area contributed by atoms with Gasteiger partial charge < -0.3 is 9.30 Å². The molecule has 0 fully saturated rings. The summed E-state index contributed by atoms with van der Waals surface area (Å²) >= 11 is 0. The van der Waals surface area contributed by atoms with Crippen molar-refractivity contribution in [3.05, 3.63) is 200 Å². The van der Waals surface area contributed by atoms with Crippen LogP contribution in [0.1, 0.15) is 18.2 Å². The summed E-state index contributed by atoms with van der Waals surface area (Å²) < 4.78 is 10.8. The largest absolute Gasteiger partial charge is 0.456 e. The summed E-state index contributed by atoms with van der Waals surface area (Å²) in [5.74, 6) is 1.89. The van der Waals surface area contributed by atoms with Crippen molar-refractivity contribution in [2.45, 2.75) is 6.92 Å². The van der Waals surface area contributed by atoms with Gasteiger partial charge in [0.2, 0.25) is 5.95 Å².